The molecule has 0 spiro atoms. The van der Waals surface area contributed by atoms with Crippen LogP contribution in [0, 0.1) is 11.8 Å². The van der Waals surface area contributed by atoms with E-state index in [1.807, 2.05) is 19.1 Å². The Morgan fingerprint density at radius 3 is 2.67 bits per heavy atom. The molecule has 154 valence electrons. The monoisotopic (exact) mass is 380 g/mol. The SMILES string of the molecule is CC(C)=CCCC(C)(O)/C=C/C1[C@H](O)C[C@@H]2O[C@H](CCCCC(=O)O)C[C@H]12. The molecule has 3 N–H and O–H groups in total. The van der Waals surface area contributed by atoms with E-state index in [4.69, 9.17) is 9.84 Å². The molecule has 6 atom stereocenters. The van der Waals surface area contributed by atoms with E-state index in [2.05, 4.69) is 19.9 Å². The van der Waals surface area contributed by atoms with Gasteiger partial charge in [0.05, 0.1) is 23.9 Å². The second kappa shape index (κ2) is 9.85. The average Bonchev–Trinajstić information content (AvgIpc) is 3.05. The molecule has 0 aromatic rings. The fraction of sp³-hybridized carbons (Fsp3) is 0.773. The van der Waals surface area contributed by atoms with E-state index in [1.54, 1.807) is 0 Å². The normalized spacial score (nSPS) is 32.4. The van der Waals surface area contributed by atoms with Crippen molar-refractivity contribution in [3.63, 3.8) is 0 Å². The van der Waals surface area contributed by atoms with Crippen LogP contribution in [-0.2, 0) is 9.53 Å². The molecule has 0 amide bonds. The number of aliphatic hydroxyl groups is 2. The standard InChI is InChI=1S/C22H36O5/c1-15(2)7-6-11-22(3,26)12-10-17-18-13-16(8-4-5-9-21(24)25)27-20(18)14-19(17)23/h7,10,12,16-20,23,26H,4-6,8-9,11,13-14H2,1-3H3,(H,24,25)/b12-10+/t16-,17?,18-,19-,20+,22?/m1/s1. The van der Waals surface area contributed by atoms with Crippen molar-refractivity contribution in [2.45, 2.75) is 96.1 Å². The Bertz CT molecular complexity index is 547. The fourth-order valence-corrected chi connectivity index (χ4v) is 4.33. The number of ether oxygens (including phenoxy) is 1. The van der Waals surface area contributed by atoms with E-state index in [0.717, 1.165) is 25.7 Å². The summed E-state index contributed by atoms with van der Waals surface area (Å²) in [5.74, 6) is -0.438. The van der Waals surface area contributed by atoms with Crippen molar-refractivity contribution in [3.05, 3.63) is 23.8 Å². The minimum Gasteiger partial charge on any atom is -0.481 e. The largest absolute Gasteiger partial charge is 0.481 e. The van der Waals surface area contributed by atoms with Crippen LogP contribution in [-0.4, -0.2) is 45.2 Å². The quantitative estimate of drug-likeness (QED) is 0.396. The van der Waals surface area contributed by atoms with Gasteiger partial charge in [-0.15, -0.1) is 0 Å². The highest BCUT2D eigenvalue weighted by Crippen LogP contribution is 2.45. The van der Waals surface area contributed by atoms with Crippen LogP contribution in [0.15, 0.2) is 23.8 Å². The summed E-state index contributed by atoms with van der Waals surface area (Å²) < 4.78 is 6.10. The van der Waals surface area contributed by atoms with Crippen LogP contribution in [0.1, 0.15) is 72.1 Å². The number of carboxylic acid groups (broad SMARTS) is 1. The molecule has 1 saturated carbocycles. The Labute approximate surface area is 163 Å². The molecule has 0 bridgehead atoms. The molecule has 1 aliphatic carbocycles. The van der Waals surface area contributed by atoms with Crippen LogP contribution < -0.4 is 0 Å². The van der Waals surface area contributed by atoms with E-state index < -0.39 is 17.7 Å². The van der Waals surface area contributed by atoms with Crippen molar-refractivity contribution in [2.75, 3.05) is 0 Å². The van der Waals surface area contributed by atoms with Gasteiger partial charge in [-0.25, -0.2) is 0 Å². The lowest BCUT2D eigenvalue weighted by Crippen LogP contribution is -2.23. The lowest BCUT2D eigenvalue weighted by atomic mass is 9.87. The van der Waals surface area contributed by atoms with Crippen molar-refractivity contribution in [1.29, 1.82) is 0 Å². The lowest BCUT2D eigenvalue weighted by Gasteiger charge is -2.22. The Morgan fingerprint density at radius 1 is 1.26 bits per heavy atom. The molecule has 5 nitrogen and oxygen atoms in total. The summed E-state index contributed by atoms with van der Waals surface area (Å²) in [7, 11) is 0. The number of hydrogen-bond acceptors (Lipinski definition) is 4. The highest BCUT2D eigenvalue weighted by atomic mass is 16.5. The number of carboxylic acids is 1. The molecule has 5 heteroatoms. The van der Waals surface area contributed by atoms with Crippen LogP contribution in [0.25, 0.3) is 0 Å². The molecule has 2 rings (SSSR count). The predicted molar refractivity (Wildman–Crippen MR) is 105 cm³/mol. The number of aliphatic hydroxyl groups excluding tert-OH is 1. The summed E-state index contributed by atoms with van der Waals surface area (Å²) in [5, 5.41) is 29.7. The number of hydrogen-bond donors (Lipinski definition) is 3. The molecule has 2 unspecified atom stereocenters. The van der Waals surface area contributed by atoms with Crippen LogP contribution in [0.3, 0.4) is 0 Å². The minimum absolute atomic E-state index is 0.0222. The average molecular weight is 381 g/mol. The Morgan fingerprint density at radius 2 is 2.00 bits per heavy atom. The van der Waals surface area contributed by atoms with Crippen molar-refractivity contribution in [2.24, 2.45) is 11.8 Å². The molecular formula is C22H36O5. The van der Waals surface area contributed by atoms with Gasteiger partial charge in [0.2, 0.25) is 0 Å². The highest BCUT2D eigenvalue weighted by molar-refractivity contribution is 5.66. The van der Waals surface area contributed by atoms with Gasteiger partial charge in [0.25, 0.3) is 0 Å². The summed E-state index contributed by atoms with van der Waals surface area (Å²) in [5.41, 5.74) is 0.376. The molecule has 1 aliphatic heterocycles. The molecule has 27 heavy (non-hydrogen) atoms. The Balaban J connectivity index is 1.84. The number of fused-ring (bicyclic) bond motifs is 1. The molecule has 0 aromatic heterocycles. The Hall–Kier alpha value is -1.17. The molecule has 1 saturated heterocycles. The van der Waals surface area contributed by atoms with Crippen LogP contribution >= 0.6 is 0 Å². The third-order valence-electron chi connectivity index (χ3n) is 5.84. The van der Waals surface area contributed by atoms with Gasteiger partial charge in [0.15, 0.2) is 0 Å². The molecule has 1 heterocycles. The summed E-state index contributed by atoms with van der Waals surface area (Å²) in [6.07, 6.45) is 11.5. The maximum absolute atomic E-state index is 10.6. The first-order valence-electron chi connectivity index (χ1n) is 10.3. The van der Waals surface area contributed by atoms with Crippen molar-refractivity contribution in [3.8, 4) is 0 Å². The van der Waals surface area contributed by atoms with Crippen LogP contribution in [0.5, 0.6) is 0 Å². The molecule has 2 fully saturated rings. The van der Waals surface area contributed by atoms with Crippen LogP contribution in [0.4, 0.5) is 0 Å². The highest BCUT2D eigenvalue weighted by Gasteiger charge is 2.47. The molecule has 2 aliphatic rings. The van der Waals surface area contributed by atoms with E-state index in [1.165, 1.54) is 5.57 Å². The minimum atomic E-state index is -0.876. The summed E-state index contributed by atoms with van der Waals surface area (Å²) in [4.78, 5) is 10.6. The van der Waals surface area contributed by atoms with Gasteiger partial charge >= 0.3 is 5.97 Å². The Kier molecular flexibility index (Phi) is 8.07. The summed E-state index contributed by atoms with van der Waals surface area (Å²) in [6.45, 7) is 5.92. The number of unbranched alkanes of at least 4 members (excludes halogenated alkanes) is 1. The third kappa shape index (κ3) is 7.05. The molecule has 0 radical (unpaired) electrons. The maximum Gasteiger partial charge on any atom is 0.303 e. The summed E-state index contributed by atoms with van der Waals surface area (Å²) in [6, 6.07) is 0. The molecule has 0 aromatic carbocycles. The van der Waals surface area contributed by atoms with Crippen molar-refractivity contribution < 1.29 is 24.9 Å². The van der Waals surface area contributed by atoms with Gasteiger partial charge in [-0.05, 0) is 58.8 Å². The van der Waals surface area contributed by atoms with Gasteiger partial charge in [-0.2, -0.15) is 0 Å². The third-order valence-corrected chi connectivity index (χ3v) is 5.84. The van der Waals surface area contributed by atoms with Gasteiger partial charge in [-0.3, -0.25) is 4.79 Å². The number of carbonyl (C=O) groups is 1. The fourth-order valence-electron chi connectivity index (χ4n) is 4.33. The first-order valence-corrected chi connectivity index (χ1v) is 10.3. The van der Waals surface area contributed by atoms with E-state index >= 15 is 0 Å². The number of rotatable bonds is 10. The topological polar surface area (TPSA) is 87.0 Å². The van der Waals surface area contributed by atoms with Gasteiger partial charge in [0, 0.05) is 18.8 Å². The first-order chi connectivity index (χ1) is 12.7. The van der Waals surface area contributed by atoms with Gasteiger partial charge in [-0.1, -0.05) is 30.2 Å². The summed E-state index contributed by atoms with van der Waals surface area (Å²) >= 11 is 0. The van der Waals surface area contributed by atoms with Gasteiger partial charge < -0.3 is 20.1 Å². The van der Waals surface area contributed by atoms with E-state index in [9.17, 15) is 15.0 Å². The maximum atomic E-state index is 10.6. The second-order valence-electron chi connectivity index (χ2n) is 8.75. The molecular weight excluding hydrogens is 344 g/mol. The van der Waals surface area contributed by atoms with E-state index in [0.29, 0.717) is 19.3 Å². The zero-order valence-electron chi connectivity index (χ0n) is 16.9. The zero-order chi connectivity index (χ0) is 20.0. The van der Waals surface area contributed by atoms with Crippen molar-refractivity contribution in [1.82, 2.24) is 0 Å². The van der Waals surface area contributed by atoms with Gasteiger partial charge in [0.1, 0.15) is 0 Å². The lowest BCUT2D eigenvalue weighted by molar-refractivity contribution is -0.137. The predicted octanol–water partition coefficient (Wildman–Crippen LogP) is 3.84. The smallest absolute Gasteiger partial charge is 0.303 e. The number of aliphatic carboxylic acids is 1. The van der Waals surface area contributed by atoms with Crippen molar-refractivity contribution >= 4 is 5.97 Å². The van der Waals surface area contributed by atoms with E-state index in [-0.39, 0.29) is 30.5 Å². The number of allylic oxidation sites excluding steroid dienone is 2. The van der Waals surface area contributed by atoms with Crippen LogP contribution in [0.2, 0.25) is 0 Å². The zero-order valence-corrected chi connectivity index (χ0v) is 16.9. The first kappa shape index (κ1) is 22.1. The second-order valence-corrected chi connectivity index (χ2v) is 8.75.